The summed E-state index contributed by atoms with van der Waals surface area (Å²) in [6.45, 7) is 2.86. The van der Waals surface area contributed by atoms with Gasteiger partial charge in [0.1, 0.15) is 10.7 Å². The Bertz CT molecular complexity index is 199. The standard InChI is InChI=1S/C10H16Br2O4/c1-8(2-4-15-9(13)6-11)3-5-16-10(14)7-12/h8H,2-7H2,1H3. The van der Waals surface area contributed by atoms with Crippen LogP contribution in [0.4, 0.5) is 0 Å². The van der Waals surface area contributed by atoms with Crippen LogP contribution in [-0.4, -0.2) is 35.8 Å². The summed E-state index contributed by atoms with van der Waals surface area (Å²) in [5.41, 5.74) is 0. The summed E-state index contributed by atoms with van der Waals surface area (Å²) in [5, 5.41) is 0.453. The number of rotatable bonds is 8. The highest BCUT2D eigenvalue weighted by Crippen LogP contribution is 2.08. The van der Waals surface area contributed by atoms with Crippen molar-refractivity contribution in [1.29, 1.82) is 0 Å². The number of ether oxygens (including phenoxy) is 2. The predicted octanol–water partition coefficient (Wildman–Crippen LogP) is 2.28. The van der Waals surface area contributed by atoms with Crippen molar-refractivity contribution in [2.45, 2.75) is 19.8 Å². The molecule has 0 aromatic carbocycles. The third-order valence-electron chi connectivity index (χ3n) is 1.97. The van der Waals surface area contributed by atoms with Crippen LogP contribution in [0.1, 0.15) is 19.8 Å². The van der Waals surface area contributed by atoms with Crippen molar-refractivity contribution in [2.24, 2.45) is 5.92 Å². The van der Waals surface area contributed by atoms with Gasteiger partial charge in [0.05, 0.1) is 13.2 Å². The summed E-state index contributed by atoms with van der Waals surface area (Å²) in [7, 11) is 0. The van der Waals surface area contributed by atoms with Gasteiger partial charge >= 0.3 is 11.9 Å². The van der Waals surface area contributed by atoms with E-state index in [2.05, 4.69) is 31.9 Å². The summed E-state index contributed by atoms with van der Waals surface area (Å²) in [5.74, 6) is -0.137. The van der Waals surface area contributed by atoms with Crippen LogP contribution >= 0.6 is 31.9 Å². The summed E-state index contributed by atoms with van der Waals surface area (Å²) in [6.07, 6.45) is 1.56. The van der Waals surface area contributed by atoms with Gasteiger partial charge in [0, 0.05) is 0 Å². The SMILES string of the molecule is CC(CCOC(=O)CBr)CCOC(=O)CBr. The quantitative estimate of drug-likeness (QED) is 0.492. The van der Waals surface area contributed by atoms with E-state index in [0.717, 1.165) is 12.8 Å². The molecule has 0 aromatic heterocycles. The maximum atomic E-state index is 10.8. The van der Waals surface area contributed by atoms with Crippen LogP contribution in [0.5, 0.6) is 0 Å². The Kier molecular flexibility index (Phi) is 10.0. The molecule has 0 unspecified atom stereocenters. The molecule has 0 fully saturated rings. The lowest BCUT2D eigenvalue weighted by Gasteiger charge is -2.11. The van der Waals surface area contributed by atoms with Gasteiger partial charge in [-0.05, 0) is 18.8 Å². The normalized spacial score (nSPS) is 10.2. The minimum Gasteiger partial charge on any atom is -0.465 e. The number of hydrogen-bond donors (Lipinski definition) is 0. The number of carbonyl (C=O) groups excluding carboxylic acids is 2. The zero-order chi connectivity index (χ0) is 12.4. The average Bonchev–Trinajstić information content (AvgIpc) is 2.28. The Morgan fingerprint density at radius 2 is 1.38 bits per heavy atom. The summed E-state index contributed by atoms with van der Waals surface area (Å²) in [4.78, 5) is 21.6. The monoisotopic (exact) mass is 358 g/mol. The molecule has 0 aromatic rings. The van der Waals surface area contributed by atoms with Gasteiger partial charge in [0.25, 0.3) is 0 Å². The molecule has 0 saturated heterocycles. The first-order valence-electron chi connectivity index (χ1n) is 5.03. The molecule has 0 amide bonds. The summed E-state index contributed by atoms with van der Waals surface area (Å²) >= 11 is 6.02. The Morgan fingerprint density at radius 3 is 1.69 bits per heavy atom. The van der Waals surface area contributed by atoms with E-state index in [4.69, 9.17) is 9.47 Å². The largest absolute Gasteiger partial charge is 0.465 e. The molecule has 6 heteroatoms. The summed E-state index contributed by atoms with van der Waals surface area (Å²) in [6, 6.07) is 0. The van der Waals surface area contributed by atoms with Gasteiger partial charge < -0.3 is 9.47 Å². The van der Waals surface area contributed by atoms with Crippen LogP contribution in [0.2, 0.25) is 0 Å². The van der Waals surface area contributed by atoms with Crippen LogP contribution in [-0.2, 0) is 19.1 Å². The molecule has 4 nitrogen and oxygen atoms in total. The Balaban J connectivity index is 3.41. The van der Waals surface area contributed by atoms with Gasteiger partial charge in [-0.1, -0.05) is 38.8 Å². The third kappa shape index (κ3) is 9.15. The molecular formula is C10H16Br2O4. The van der Waals surface area contributed by atoms with Gasteiger partial charge in [-0.25, -0.2) is 0 Å². The van der Waals surface area contributed by atoms with E-state index >= 15 is 0 Å². The van der Waals surface area contributed by atoms with Gasteiger partial charge in [0.2, 0.25) is 0 Å². The van der Waals surface area contributed by atoms with E-state index < -0.39 is 0 Å². The molecule has 0 N–H and O–H groups in total. The van der Waals surface area contributed by atoms with E-state index in [-0.39, 0.29) is 22.6 Å². The van der Waals surface area contributed by atoms with Crippen LogP contribution in [0.3, 0.4) is 0 Å². The maximum absolute atomic E-state index is 10.8. The highest BCUT2D eigenvalue weighted by molar-refractivity contribution is 9.09. The molecule has 0 atom stereocenters. The zero-order valence-electron chi connectivity index (χ0n) is 9.21. The molecular weight excluding hydrogens is 344 g/mol. The number of alkyl halides is 2. The molecule has 0 aliphatic carbocycles. The zero-order valence-corrected chi connectivity index (χ0v) is 12.4. The molecule has 0 rings (SSSR count). The van der Waals surface area contributed by atoms with Crippen molar-refractivity contribution < 1.29 is 19.1 Å². The highest BCUT2D eigenvalue weighted by Gasteiger charge is 2.06. The first-order chi connectivity index (χ1) is 7.60. The molecule has 16 heavy (non-hydrogen) atoms. The van der Waals surface area contributed by atoms with Crippen molar-refractivity contribution in [1.82, 2.24) is 0 Å². The lowest BCUT2D eigenvalue weighted by atomic mass is 10.1. The van der Waals surface area contributed by atoms with E-state index in [9.17, 15) is 9.59 Å². The van der Waals surface area contributed by atoms with Crippen LogP contribution < -0.4 is 0 Å². The Hall–Kier alpha value is -0.100. The Morgan fingerprint density at radius 1 is 1.00 bits per heavy atom. The van der Waals surface area contributed by atoms with Crippen molar-refractivity contribution >= 4 is 43.8 Å². The molecule has 0 bridgehead atoms. The van der Waals surface area contributed by atoms with Crippen molar-refractivity contribution in [3.05, 3.63) is 0 Å². The minimum atomic E-state index is -0.252. The fraction of sp³-hybridized carbons (Fsp3) is 0.800. The molecule has 0 saturated carbocycles. The molecule has 94 valence electrons. The van der Waals surface area contributed by atoms with Crippen molar-refractivity contribution in [3.8, 4) is 0 Å². The van der Waals surface area contributed by atoms with Gasteiger partial charge in [-0.3, -0.25) is 9.59 Å². The second-order valence-electron chi connectivity index (χ2n) is 3.39. The van der Waals surface area contributed by atoms with E-state index in [0.29, 0.717) is 19.1 Å². The Labute approximate surface area is 112 Å². The topological polar surface area (TPSA) is 52.6 Å². The number of hydrogen-bond acceptors (Lipinski definition) is 4. The molecule has 0 spiro atoms. The smallest absolute Gasteiger partial charge is 0.316 e. The van der Waals surface area contributed by atoms with Gasteiger partial charge in [0.15, 0.2) is 0 Å². The van der Waals surface area contributed by atoms with E-state index in [1.165, 1.54) is 0 Å². The lowest BCUT2D eigenvalue weighted by Crippen LogP contribution is -2.12. The first-order valence-corrected chi connectivity index (χ1v) is 7.27. The number of carbonyl (C=O) groups is 2. The first kappa shape index (κ1) is 15.9. The lowest BCUT2D eigenvalue weighted by molar-refractivity contribution is -0.140. The second-order valence-corrected chi connectivity index (χ2v) is 4.51. The van der Waals surface area contributed by atoms with Gasteiger partial charge in [-0.15, -0.1) is 0 Å². The minimum absolute atomic E-state index is 0.226. The molecule has 0 radical (unpaired) electrons. The van der Waals surface area contributed by atoms with Crippen molar-refractivity contribution in [2.75, 3.05) is 23.9 Å². The number of halogens is 2. The molecule has 0 aliphatic heterocycles. The fourth-order valence-corrected chi connectivity index (χ4v) is 1.29. The third-order valence-corrected chi connectivity index (χ3v) is 2.88. The van der Waals surface area contributed by atoms with Gasteiger partial charge in [-0.2, -0.15) is 0 Å². The van der Waals surface area contributed by atoms with Crippen LogP contribution in [0.25, 0.3) is 0 Å². The summed E-state index contributed by atoms with van der Waals surface area (Å²) < 4.78 is 9.82. The van der Waals surface area contributed by atoms with Crippen LogP contribution in [0.15, 0.2) is 0 Å². The van der Waals surface area contributed by atoms with E-state index in [1.54, 1.807) is 0 Å². The predicted molar refractivity (Wildman–Crippen MR) is 67.9 cm³/mol. The highest BCUT2D eigenvalue weighted by atomic mass is 79.9. The van der Waals surface area contributed by atoms with Crippen molar-refractivity contribution in [3.63, 3.8) is 0 Å². The average molecular weight is 360 g/mol. The fourth-order valence-electron chi connectivity index (χ4n) is 0.969. The number of esters is 2. The maximum Gasteiger partial charge on any atom is 0.316 e. The van der Waals surface area contributed by atoms with Crippen LogP contribution in [0, 0.1) is 5.92 Å². The molecule has 0 heterocycles. The van der Waals surface area contributed by atoms with E-state index in [1.807, 2.05) is 6.92 Å². The molecule has 0 aliphatic rings. The second kappa shape index (κ2) is 10.1.